The highest BCUT2D eigenvalue weighted by atomic mass is 16.3. The van der Waals surface area contributed by atoms with Crippen molar-refractivity contribution in [1.82, 2.24) is 9.80 Å². The summed E-state index contributed by atoms with van der Waals surface area (Å²) in [6, 6.07) is 0. The van der Waals surface area contributed by atoms with E-state index in [1.807, 2.05) is 0 Å². The summed E-state index contributed by atoms with van der Waals surface area (Å²) in [4.78, 5) is 4.34. The van der Waals surface area contributed by atoms with Gasteiger partial charge in [-0.15, -0.1) is 0 Å². The van der Waals surface area contributed by atoms with Crippen LogP contribution in [0.3, 0.4) is 0 Å². The molecular formula is C10H24N2O. The van der Waals surface area contributed by atoms with Crippen molar-refractivity contribution in [2.24, 2.45) is 0 Å². The number of aliphatic hydroxyl groups excluding tert-OH is 1. The van der Waals surface area contributed by atoms with Gasteiger partial charge in [0.15, 0.2) is 0 Å². The lowest BCUT2D eigenvalue weighted by atomic mass is 10.2. The van der Waals surface area contributed by atoms with Crippen LogP contribution in [0.2, 0.25) is 0 Å². The number of aliphatic hydroxyl groups is 1. The highest BCUT2D eigenvalue weighted by Gasteiger charge is 2.06. The molecule has 0 aromatic heterocycles. The standard InChI is InChI=1S/C10H24N2O/c1-5-6-10(13)9-12(4)8-7-11(2)3/h10,13H,5-9H2,1-4H3. The first-order chi connectivity index (χ1) is 6.06. The van der Waals surface area contributed by atoms with Crippen LogP contribution in [0, 0.1) is 0 Å². The SMILES string of the molecule is CCCC(O)CN(C)CCN(C)C. The molecule has 0 radical (unpaired) electrons. The lowest BCUT2D eigenvalue weighted by Crippen LogP contribution is -2.34. The van der Waals surface area contributed by atoms with E-state index in [0.29, 0.717) is 0 Å². The molecule has 3 nitrogen and oxygen atoms in total. The van der Waals surface area contributed by atoms with Crippen molar-refractivity contribution < 1.29 is 5.11 Å². The van der Waals surface area contributed by atoms with Crippen LogP contribution >= 0.6 is 0 Å². The van der Waals surface area contributed by atoms with Crippen LogP contribution < -0.4 is 0 Å². The molecule has 0 heterocycles. The molecule has 0 amide bonds. The first kappa shape index (κ1) is 12.9. The fourth-order valence-electron chi connectivity index (χ4n) is 1.25. The molecular weight excluding hydrogens is 164 g/mol. The summed E-state index contributed by atoms with van der Waals surface area (Å²) in [6.07, 6.45) is 1.81. The van der Waals surface area contributed by atoms with E-state index < -0.39 is 0 Å². The lowest BCUT2D eigenvalue weighted by Gasteiger charge is -2.21. The van der Waals surface area contributed by atoms with Gasteiger partial charge in [-0.25, -0.2) is 0 Å². The summed E-state index contributed by atoms with van der Waals surface area (Å²) in [7, 11) is 6.19. The van der Waals surface area contributed by atoms with Crippen LogP contribution in [-0.4, -0.2) is 61.8 Å². The minimum atomic E-state index is -0.155. The number of likely N-dealkylation sites (N-methyl/N-ethyl adjacent to an activating group) is 2. The summed E-state index contributed by atoms with van der Waals surface area (Å²) in [5.74, 6) is 0. The normalized spacial score (nSPS) is 14.1. The van der Waals surface area contributed by atoms with Gasteiger partial charge in [0.2, 0.25) is 0 Å². The summed E-state index contributed by atoms with van der Waals surface area (Å²) in [5, 5.41) is 9.53. The average molecular weight is 188 g/mol. The van der Waals surface area contributed by atoms with Crippen molar-refractivity contribution in [1.29, 1.82) is 0 Å². The Morgan fingerprint density at radius 3 is 2.23 bits per heavy atom. The summed E-state index contributed by atoms with van der Waals surface area (Å²) >= 11 is 0. The van der Waals surface area contributed by atoms with Gasteiger partial charge in [0.1, 0.15) is 0 Å². The molecule has 0 fully saturated rings. The summed E-state index contributed by atoms with van der Waals surface area (Å²) in [5.41, 5.74) is 0. The maximum atomic E-state index is 9.53. The van der Waals surface area contributed by atoms with Crippen molar-refractivity contribution in [3.05, 3.63) is 0 Å². The number of hydrogen-bond acceptors (Lipinski definition) is 3. The summed E-state index contributed by atoms with van der Waals surface area (Å²) < 4.78 is 0. The fourth-order valence-corrected chi connectivity index (χ4v) is 1.25. The monoisotopic (exact) mass is 188 g/mol. The molecule has 1 N–H and O–H groups in total. The van der Waals surface area contributed by atoms with E-state index in [1.54, 1.807) is 0 Å². The lowest BCUT2D eigenvalue weighted by molar-refractivity contribution is 0.114. The molecule has 0 aliphatic rings. The third kappa shape index (κ3) is 8.22. The molecule has 3 heteroatoms. The van der Waals surface area contributed by atoms with E-state index in [9.17, 15) is 5.11 Å². The second-order valence-corrected chi connectivity index (χ2v) is 4.01. The zero-order valence-corrected chi connectivity index (χ0v) is 9.45. The first-order valence-electron chi connectivity index (χ1n) is 5.07. The van der Waals surface area contributed by atoms with Gasteiger partial charge in [-0.05, 0) is 27.6 Å². The van der Waals surface area contributed by atoms with Crippen molar-refractivity contribution in [3.63, 3.8) is 0 Å². The molecule has 0 aromatic carbocycles. The number of rotatable bonds is 7. The van der Waals surface area contributed by atoms with Gasteiger partial charge < -0.3 is 14.9 Å². The van der Waals surface area contributed by atoms with Crippen molar-refractivity contribution in [2.45, 2.75) is 25.9 Å². The van der Waals surface area contributed by atoms with E-state index in [0.717, 1.165) is 32.5 Å². The molecule has 1 unspecified atom stereocenters. The average Bonchev–Trinajstić information content (AvgIpc) is 2.01. The Balaban J connectivity index is 3.43. The van der Waals surface area contributed by atoms with Gasteiger partial charge >= 0.3 is 0 Å². The highest BCUT2D eigenvalue weighted by molar-refractivity contribution is 4.61. The van der Waals surface area contributed by atoms with Gasteiger partial charge in [-0.3, -0.25) is 0 Å². The largest absolute Gasteiger partial charge is 0.392 e. The van der Waals surface area contributed by atoms with E-state index in [1.165, 1.54) is 0 Å². The van der Waals surface area contributed by atoms with Gasteiger partial charge in [-0.2, -0.15) is 0 Å². The highest BCUT2D eigenvalue weighted by Crippen LogP contribution is 1.97. The maximum absolute atomic E-state index is 9.53. The number of nitrogens with zero attached hydrogens (tertiary/aromatic N) is 2. The van der Waals surface area contributed by atoms with Gasteiger partial charge in [0.05, 0.1) is 6.10 Å². The Bertz CT molecular complexity index is 117. The Kier molecular flexibility index (Phi) is 7.23. The topological polar surface area (TPSA) is 26.7 Å². The van der Waals surface area contributed by atoms with E-state index in [2.05, 4.69) is 37.9 Å². The van der Waals surface area contributed by atoms with Gasteiger partial charge in [-0.1, -0.05) is 13.3 Å². The molecule has 0 bridgehead atoms. The van der Waals surface area contributed by atoms with Gasteiger partial charge in [0, 0.05) is 19.6 Å². The fraction of sp³-hybridized carbons (Fsp3) is 1.00. The molecule has 0 spiro atoms. The third-order valence-electron chi connectivity index (χ3n) is 2.07. The van der Waals surface area contributed by atoms with Crippen LogP contribution in [0.25, 0.3) is 0 Å². The Morgan fingerprint density at radius 1 is 1.15 bits per heavy atom. The third-order valence-corrected chi connectivity index (χ3v) is 2.07. The predicted octanol–water partition coefficient (Wildman–Crippen LogP) is 0.641. The maximum Gasteiger partial charge on any atom is 0.0666 e. The van der Waals surface area contributed by atoms with Crippen molar-refractivity contribution in [3.8, 4) is 0 Å². The van der Waals surface area contributed by atoms with Crippen LogP contribution in [0.4, 0.5) is 0 Å². The van der Waals surface area contributed by atoms with Crippen LogP contribution in [0.5, 0.6) is 0 Å². The quantitative estimate of drug-likeness (QED) is 0.635. The summed E-state index contributed by atoms with van der Waals surface area (Å²) in [6.45, 7) is 4.97. The molecule has 0 aromatic rings. The Labute approximate surface area is 82.3 Å². The molecule has 0 saturated carbocycles. The van der Waals surface area contributed by atoms with E-state index in [4.69, 9.17) is 0 Å². The van der Waals surface area contributed by atoms with Crippen LogP contribution in [0.1, 0.15) is 19.8 Å². The van der Waals surface area contributed by atoms with Crippen molar-refractivity contribution >= 4 is 0 Å². The minimum absolute atomic E-state index is 0.155. The second kappa shape index (κ2) is 7.30. The zero-order valence-electron chi connectivity index (χ0n) is 9.45. The van der Waals surface area contributed by atoms with Crippen LogP contribution in [-0.2, 0) is 0 Å². The minimum Gasteiger partial charge on any atom is -0.392 e. The molecule has 80 valence electrons. The Hall–Kier alpha value is -0.120. The molecule has 0 aliphatic carbocycles. The smallest absolute Gasteiger partial charge is 0.0666 e. The molecule has 0 rings (SSSR count). The van der Waals surface area contributed by atoms with E-state index >= 15 is 0 Å². The van der Waals surface area contributed by atoms with Gasteiger partial charge in [0.25, 0.3) is 0 Å². The molecule has 13 heavy (non-hydrogen) atoms. The zero-order chi connectivity index (χ0) is 10.3. The van der Waals surface area contributed by atoms with E-state index in [-0.39, 0.29) is 6.10 Å². The first-order valence-corrected chi connectivity index (χ1v) is 5.07. The van der Waals surface area contributed by atoms with Crippen molar-refractivity contribution in [2.75, 3.05) is 40.8 Å². The molecule has 0 saturated heterocycles. The van der Waals surface area contributed by atoms with Crippen LogP contribution in [0.15, 0.2) is 0 Å². The molecule has 1 atom stereocenters. The molecule has 0 aliphatic heterocycles. The second-order valence-electron chi connectivity index (χ2n) is 4.01. The Morgan fingerprint density at radius 2 is 1.77 bits per heavy atom. The number of hydrogen-bond donors (Lipinski definition) is 1. The predicted molar refractivity (Wildman–Crippen MR) is 57.0 cm³/mol.